The van der Waals surface area contributed by atoms with Gasteiger partial charge in [-0.25, -0.2) is 4.98 Å². The molecule has 25 heavy (non-hydrogen) atoms. The monoisotopic (exact) mass is 333 g/mol. The first-order valence-electron chi connectivity index (χ1n) is 7.39. The highest BCUT2D eigenvalue weighted by Crippen LogP contribution is 2.32. The van der Waals surface area contributed by atoms with Crippen LogP contribution in [0.2, 0.25) is 0 Å². The molecule has 8 nitrogen and oxygen atoms in total. The maximum Gasteiger partial charge on any atom is 0.271 e. The summed E-state index contributed by atoms with van der Waals surface area (Å²) in [6.07, 6.45) is 3.37. The Morgan fingerprint density at radius 3 is 2.80 bits per heavy atom. The van der Waals surface area contributed by atoms with Crippen molar-refractivity contribution in [3.8, 4) is 11.5 Å². The lowest BCUT2D eigenvalue weighted by Crippen LogP contribution is -1.85. The van der Waals surface area contributed by atoms with E-state index in [1.54, 1.807) is 34.9 Å². The molecule has 0 bridgehead atoms. The van der Waals surface area contributed by atoms with E-state index >= 15 is 0 Å². The standard InChI is InChI=1S/C17H11N5O3/c23-22(24)13-6-3-5-12(11-13)19-20-17-16(14-7-4-10-25-14)18-15-8-1-2-9-21(15)17/h1-11H. The molecular formula is C17H11N5O3. The number of nitro groups is 1. The number of furan rings is 1. The van der Waals surface area contributed by atoms with Crippen LogP contribution >= 0.6 is 0 Å². The van der Waals surface area contributed by atoms with Crippen LogP contribution in [0, 0.1) is 10.1 Å². The van der Waals surface area contributed by atoms with Gasteiger partial charge in [0.25, 0.3) is 5.69 Å². The maximum absolute atomic E-state index is 10.9. The van der Waals surface area contributed by atoms with Gasteiger partial charge in [-0.05, 0) is 30.3 Å². The molecule has 0 aliphatic carbocycles. The van der Waals surface area contributed by atoms with Gasteiger partial charge < -0.3 is 4.42 Å². The number of nitro benzene ring substituents is 1. The van der Waals surface area contributed by atoms with Gasteiger partial charge in [-0.15, -0.1) is 10.2 Å². The Labute approximate surface area is 141 Å². The van der Waals surface area contributed by atoms with E-state index < -0.39 is 4.92 Å². The van der Waals surface area contributed by atoms with E-state index in [0.29, 0.717) is 28.6 Å². The summed E-state index contributed by atoms with van der Waals surface area (Å²) < 4.78 is 7.20. The smallest absolute Gasteiger partial charge is 0.271 e. The average Bonchev–Trinajstić information content (AvgIpc) is 3.27. The minimum Gasteiger partial charge on any atom is -0.463 e. The summed E-state index contributed by atoms with van der Waals surface area (Å²) in [5.74, 6) is 1.05. The predicted octanol–water partition coefficient (Wildman–Crippen LogP) is 4.92. The molecular weight excluding hydrogens is 322 g/mol. The Morgan fingerprint density at radius 2 is 2.00 bits per heavy atom. The Bertz CT molecular complexity index is 1080. The van der Waals surface area contributed by atoms with Crippen LogP contribution in [-0.2, 0) is 0 Å². The van der Waals surface area contributed by atoms with E-state index in [-0.39, 0.29) is 5.69 Å². The Balaban J connectivity index is 1.82. The molecule has 0 atom stereocenters. The molecule has 0 aliphatic rings. The molecule has 0 saturated heterocycles. The number of hydrogen-bond donors (Lipinski definition) is 0. The van der Waals surface area contributed by atoms with Gasteiger partial charge in [0.2, 0.25) is 0 Å². The summed E-state index contributed by atoms with van der Waals surface area (Å²) in [4.78, 5) is 14.9. The number of aromatic nitrogens is 2. The number of benzene rings is 1. The molecule has 0 amide bonds. The van der Waals surface area contributed by atoms with Gasteiger partial charge in [-0.1, -0.05) is 12.1 Å². The number of non-ortho nitro benzene ring substituents is 1. The van der Waals surface area contributed by atoms with Crippen LogP contribution in [-0.4, -0.2) is 14.3 Å². The second-order valence-electron chi connectivity index (χ2n) is 5.17. The highest BCUT2D eigenvalue weighted by atomic mass is 16.6. The summed E-state index contributed by atoms with van der Waals surface area (Å²) in [5.41, 5.74) is 1.58. The van der Waals surface area contributed by atoms with E-state index in [9.17, 15) is 10.1 Å². The molecule has 0 fully saturated rings. The number of hydrogen-bond acceptors (Lipinski definition) is 6. The number of nitrogens with zero attached hydrogens (tertiary/aromatic N) is 5. The summed E-state index contributed by atoms with van der Waals surface area (Å²) in [6, 6.07) is 15.1. The van der Waals surface area contributed by atoms with Crippen LogP contribution in [0.3, 0.4) is 0 Å². The topological polar surface area (TPSA) is 98.3 Å². The van der Waals surface area contributed by atoms with Crippen molar-refractivity contribution in [1.82, 2.24) is 9.38 Å². The normalized spacial score (nSPS) is 11.4. The summed E-state index contributed by atoms with van der Waals surface area (Å²) in [7, 11) is 0. The molecule has 4 aromatic rings. The number of azo groups is 1. The van der Waals surface area contributed by atoms with Crippen molar-refractivity contribution in [2.45, 2.75) is 0 Å². The van der Waals surface area contributed by atoms with Gasteiger partial charge >= 0.3 is 0 Å². The third-order valence-electron chi connectivity index (χ3n) is 3.56. The minimum atomic E-state index is -0.471. The fourth-order valence-corrected chi connectivity index (χ4v) is 2.43. The number of fused-ring (bicyclic) bond motifs is 1. The number of imidazole rings is 1. The average molecular weight is 333 g/mol. The summed E-state index contributed by atoms with van der Waals surface area (Å²) in [6.45, 7) is 0. The Morgan fingerprint density at radius 1 is 1.08 bits per heavy atom. The van der Waals surface area contributed by atoms with Crippen molar-refractivity contribution >= 4 is 22.8 Å². The third kappa shape index (κ3) is 2.76. The molecule has 0 spiro atoms. The van der Waals surface area contributed by atoms with Crippen molar-refractivity contribution in [3.63, 3.8) is 0 Å². The van der Waals surface area contributed by atoms with Gasteiger partial charge in [0, 0.05) is 18.3 Å². The van der Waals surface area contributed by atoms with Crippen LogP contribution in [0.25, 0.3) is 17.1 Å². The highest BCUT2D eigenvalue weighted by Gasteiger charge is 2.16. The fourth-order valence-electron chi connectivity index (χ4n) is 2.43. The van der Waals surface area contributed by atoms with Gasteiger partial charge in [-0.2, -0.15) is 0 Å². The first kappa shape index (κ1) is 14.8. The lowest BCUT2D eigenvalue weighted by molar-refractivity contribution is -0.384. The van der Waals surface area contributed by atoms with Crippen LogP contribution in [0.1, 0.15) is 0 Å². The molecule has 0 unspecified atom stereocenters. The molecule has 3 heterocycles. The summed E-state index contributed by atoms with van der Waals surface area (Å²) >= 11 is 0. The molecule has 0 aliphatic heterocycles. The zero-order chi connectivity index (χ0) is 17.2. The molecule has 1 aromatic carbocycles. The van der Waals surface area contributed by atoms with E-state index in [1.807, 2.05) is 24.4 Å². The highest BCUT2D eigenvalue weighted by molar-refractivity contribution is 5.71. The second-order valence-corrected chi connectivity index (χ2v) is 5.17. The Kier molecular flexibility index (Phi) is 3.55. The second kappa shape index (κ2) is 6.00. The number of rotatable bonds is 4. The zero-order valence-electron chi connectivity index (χ0n) is 12.8. The minimum absolute atomic E-state index is 0.0409. The van der Waals surface area contributed by atoms with E-state index in [4.69, 9.17) is 4.42 Å². The van der Waals surface area contributed by atoms with Crippen LogP contribution in [0.4, 0.5) is 17.2 Å². The van der Waals surface area contributed by atoms with Crippen molar-refractivity contribution in [1.29, 1.82) is 0 Å². The Hall–Kier alpha value is -3.81. The van der Waals surface area contributed by atoms with Crippen LogP contribution < -0.4 is 0 Å². The molecule has 122 valence electrons. The molecule has 4 rings (SSSR count). The molecule has 0 radical (unpaired) electrons. The first-order valence-corrected chi connectivity index (χ1v) is 7.39. The van der Waals surface area contributed by atoms with Crippen molar-refractivity contribution in [2.24, 2.45) is 10.2 Å². The van der Waals surface area contributed by atoms with Crippen LogP contribution in [0.5, 0.6) is 0 Å². The van der Waals surface area contributed by atoms with Crippen LogP contribution in [0.15, 0.2) is 81.7 Å². The third-order valence-corrected chi connectivity index (χ3v) is 3.56. The van der Waals surface area contributed by atoms with Gasteiger partial charge in [0.15, 0.2) is 17.3 Å². The van der Waals surface area contributed by atoms with E-state index in [2.05, 4.69) is 15.2 Å². The molecule has 3 aromatic heterocycles. The maximum atomic E-state index is 10.9. The van der Waals surface area contributed by atoms with Gasteiger partial charge in [-0.3, -0.25) is 14.5 Å². The molecule has 8 heteroatoms. The first-order chi connectivity index (χ1) is 12.2. The van der Waals surface area contributed by atoms with Crippen molar-refractivity contribution in [2.75, 3.05) is 0 Å². The zero-order valence-corrected chi connectivity index (χ0v) is 12.8. The molecule has 0 saturated carbocycles. The fraction of sp³-hybridized carbons (Fsp3) is 0. The van der Waals surface area contributed by atoms with Crippen molar-refractivity contribution in [3.05, 3.63) is 77.2 Å². The quantitative estimate of drug-likeness (QED) is 0.301. The van der Waals surface area contributed by atoms with E-state index in [1.165, 1.54) is 12.1 Å². The summed E-state index contributed by atoms with van der Waals surface area (Å²) in [5, 5.41) is 19.3. The van der Waals surface area contributed by atoms with Gasteiger partial charge in [0.05, 0.1) is 16.9 Å². The predicted molar refractivity (Wildman–Crippen MR) is 90.2 cm³/mol. The lowest BCUT2D eigenvalue weighted by Gasteiger charge is -1.97. The lowest BCUT2D eigenvalue weighted by atomic mass is 10.3. The number of pyridine rings is 1. The van der Waals surface area contributed by atoms with Crippen molar-refractivity contribution < 1.29 is 9.34 Å². The van der Waals surface area contributed by atoms with Gasteiger partial charge in [0.1, 0.15) is 5.65 Å². The molecule has 0 N–H and O–H groups in total. The SMILES string of the molecule is O=[N+]([O-])c1cccc(N=Nc2c(-c3ccco3)nc3ccccn23)c1. The van der Waals surface area contributed by atoms with E-state index in [0.717, 1.165) is 0 Å². The largest absolute Gasteiger partial charge is 0.463 e.